The number of ether oxygens (including phenoxy) is 1. The fourth-order valence-corrected chi connectivity index (χ4v) is 5.56. The van der Waals surface area contributed by atoms with Gasteiger partial charge in [0.05, 0.1) is 12.6 Å². The van der Waals surface area contributed by atoms with Crippen LogP contribution in [0.4, 0.5) is 4.39 Å². The number of rotatable bonds is 11. The first kappa shape index (κ1) is 27.1. The highest BCUT2D eigenvalue weighted by Crippen LogP contribution is 2.40. The number of hydrogen-bond donors (Lipinski definition) is 0. The van der Waals surface area contributed by atoms with Crippen molar-refractivity contribution in [3.8, 4) is 0 Å². The molecule has 1 saturated carbocycles. The zero-order valence-electron chi connectivity index (χ0n) is 21.1. The van der Waals surface area contributed by atoms with Crippen molar-refractivity contribution in [2.75, 3.05) is 19.7 Å². The van der Waals surface area contributed by atoms with Crippen molar-refractivity contribution < 1.29 is 23.5 Å². The summed E-state index contributed by atoms with van der Waals surface area (Å²) in [4.78, 5) is 39.0. The van der Waals surface area contributed by atoms with E-state index in [2.05, 4.69) is 15.5 Å². The van der Waals surface area contributed by atoms with Crippen LogP contribution in [0.15, 0.2) is 29.8 Å². The number of piperidine rings is 1. The lowest BCUT2D eigenvalue weighted by atomic mass is 9.93. The first-order valence-electron chi connectivity index (χ1n) is 12.7. The molecule has 2 unspecified atom stereocenters. The van der Waals surface area contributed by atoms with Crippen molar-refractivity contribution in [1.82, 2.24) is 25.1 Å². The van der Waals surface area contributed by atoms with Crippen LogP contribution in [0.3, 0.4) is 0 Å². The summed E-state index contributed by atoms with van der Waals surface area (Å²) < 4.78 is 21.5. The summed E-state index contributed by atoms with van der Waals surface area (Å²) in [7, 11) is 0. The number of likely N-dealkylation sites (tertiary alicyclic amines) is 1. The largest absolute Gasteiger partial charge is 0.466 e. The molecule has 0 radical (unpaired) electrons. The minimum absolute atomic E-state index is 0.00177. The molecule has 2 aliphatic rings. The molecule has 1 aromatic heterocycles. The van der Waals surface area contributed by atoms with E-state index in [4.69, 9.17) is 4.74 Å². The van der Waals surface area contributed by atoms with Crippen LogP contribution in [0, 0.1) is 11.7 Å². The van der Waals surface area contributed by atoms with Gasteiger partial charge in [-0.25, -0.2) is 9.07 Å². The van der Waals surface area contributed by atoms with Crippen molar-refractivity contribution in [2.24, 2.45) is 5.92 Å². The van der Waals surface area contributed by atoms with Gasteiger partial charge in [-0.2, -0.15) is 0 Å². The van der Waals surface area contributed by atoms with Gasteiger partial charge in [-0.1, -0.05) is 30.0 Å². The van der Waals surface area contributed by atoms with Gasteiger partial charge < -0.3 is 4.74 Å². The topological polar surface area (TPSA) is 107 Å². The number of aryl methyl sites for hydroxylation is 1. The van der Waals surface area contributed by atoms with Crippen LogP contribution in [0.1, 0.15) is 63.4 Å². The van der Waals surface area contributed by atoms with Crippen LogP contribution in [0.5, 0.6) is 0 Å². The average molecular weight is 530 g/mol. The second kappa shape index (κ2) is 12.6. The molecule has 2 aromatic rings. The average Bonchev–Trinajstić information content (AvgIpc) is 3.63. The molecular weight excluding hydrogens is 497 g/mol. The number of ketones is 1. The highest BCUT2D eigenvalue weighted by atomic mass is 32.2. The SMILES string of the molecule is CCOC(=O)CCCn1nnnc1/C=C1/CN(C(C(=O)C2CC2)c2ccccc2F)CCC1SC(C)=O. The lowest BCUT2D eigenvalue weighted by Gasteiger charge is -2.38. The second-order valence-corrected chi connectivity index (χ2v) is 10.7. The maximum absolute atomic E-state index is 14.9. The highest BCUT2D eigenvalue weighted by molar-refractivity contribution is 8.14. The van der Waals surface area contributed by atoms with Crippen molar-refractivity contribution in [2.45, 2.75) is 63.8 Å². The number of nitrogens with zero attached hydrogens (tertiary/aromatic N) is 5. The Morgan fingerprint density at radius 1 is 1.24 bits per heavy atom. The lowest BCUT2D eigenvalue weighted by Crippen LogP contribution is -2.43. The summed E-state index contributed by atoms with van der Waals surface area (Å²) >= 11 is 1.25. The van der Waals surface area contributed by atoms with E-state index in [1.54, 1.807) is 29.8 Å². The number of carbonyl (C=O) groups is 3. The van der Waals surface area contributed by atoms with Gasteiger partial charge >= 0.3 is 5.97 Å². The third-order valence-electron chi connectivity index (χ3n) is 6.53. The van der Waals surface area contributed by atoms with Crippen LogP contribution in [-0.4, -0.2) is 66.9 Å². The van der Waals surface area contributed by atoms with E-state index in [1.165, 1.54) is 24.8 Å². The maximum Gasteiger partial charge on any atom is 0.305 e. The van der Waals surface area contributed by atoms with E-state index in [9.17, 15) is 18.8 Å². The Kier molecular flexibility index (Phi) is 9.20. The van der Waals surface area contributed by atoms with Crippen LogP contribution in [0.2, 0.25) is 0 Å². The molecule has 0 N–H and O–H groups in total. The van der Waals surface area contributed by atoms with E-state index in [0.29, 0.717) is 50.5 Å². The molecule has 1 aromatic carbocycles. The molecule has 2 heterocycles. The molecule has 11 heteroatoms. The van der Waals surface area contributed by atoms with Crippen molar-refractivity contribution in [3.05, 3.63) is 47.0 Å². The van der Waals surface area contributed by atoms with E-state index in [-0.39, 0.29) is 34.5 Å². The molecule has 0 spiro atoms. The molecule has 198 valence electrons. The maximum atomic E-state index is 14.9. The van der Waals surface area contributed by atoms with Crippen molar-refractivity contribution in [1.29, 1.82) is 0 Å². The minimum atomic E-state index is -0.680. The molecule has 37 heavy (non-hydrogen) atoms. The number of Topliss-reactive ketones (excluding diaryl/α,β-unsaturated/α-hetero) is 1. The van der Waals surface area contributed by atoms with Crippen LogP contribution in [-0.2, 0) is 25.7 Å². The zero-order valence-corrected chi connectivity index (χ0v) is 22.0. The second-order valence-electron chi connectivity index (χ2n) is 9.35. The Bertz CT molecular complexity index is 1170. The van der Waals surface area contributed by atoms with Gasteiger partial charge in [0, 0.05) is 49.7 Å². The van der Waals surface area contributed by atoms with Crippen LogP contribution < -0.4 is 0 Å². The van der Waals surface area contributed by atoms with Crippen LogP contribution in [0.25, 0.3) is 6.08 Å². The summed E-state index contributed by atoms with van der Waals surface area (Å²) in [6.07, 6.45) is 4.94. The molecule has 0 amide bonds. The standard InChI is InChI=1S/C26H32FN5O4S/c1-3-36-24(34)9-6-13-32-23(28-29-30-32)15-19-16-31(14-12-22(19)37-17(2)33)25(26(35)18-10-11-18)20-7-4-5-8-21(20)27/h4-5,7-8,15,18,22,25H,3,6,9-14,16H2,1-2H3/b19-15-. The Hall–Kier alpha value is -2.92. The molecule has 9 nitrogen and oxygen atoms in total. The van der Waals surface area contributed by atoms with Gasteiger partial charge in [0.2, 0.25) is 0 Å². The van der Waals surface area contributed by atoms with E-state index < -0.39 is 11.9 Å². The zero-order chi connectivity index (χ0) is 26.4. The van der Waals surface area contributed by atoms with Crippen LogP contribution >= 0.6 is 11.8 Å². The predicted molar refractivity (Wildman–Crippen MR) is 137 cm³/mol. The van der Waals surface area contributed by atoms with Gasteiger partial charge in [-0.3, -0.25) is 19.3 Å². The first-order chi connectivity index (χ1) is 17.9. The lowest BCUT2D eigenvalue weighted by molar-refractivity contribution is -0.143. The third kappa shape index (κ3) is 7.10. The Labute approximate surface area is 219 Å². The van der Waals surface area contributed by atoms with Gasteiger partial charge in [-0.15, -0.1) is 5.10 Å². The molecule has 1 aliphatic heterocycles. The molecule has 1 saturated heterocycles. The Balaban J connectivity index is 1.58. The summed E-state index contributed by atoms with van der Waals surface area (Å²) in [5.41, 5.74) is 1.29. The molecule has 1 aliphatic carbocycles. The molecule has 2 fully saturated rings. The smallest absolute Gasteiger partial charge is 0.305 e. The Morgan fingerprint density at radius 3 is 2.73 bits per heavy atom. The fraction of sp³-hybridized carbons (Fsp3) is 0.538. The van der Waals surface area contributed by atoms with Gasteiger partial charge in [-0.05, 0) is 60.7 Å². The number of esters is 1. The summed E-state index contributed by atoms with van der Waals surface area (Å²) in [5, 5.41) is 11.9. The summed E-state index contributed by atoms with van der Waals surface area (Å²) in [5.74, 6) is -0.140. The molecule has 0 bridgehead atoms. The van der Waals surface area contributed by atoms with Crippen molar-refractivity contribution in [3.63, 3.8) is 0 Å². The predicted octanol–water partition coefficient (Wildman–Crippen LogP) is 3.61. The first-order valence-corrected chi connectivity index (χ1v) is 13.6. The number of benzene rings is 1. The summed E-state index contributed by atoms with van der Waals surface area (Å²) in [6.45, 7) is 5.01. The Morgan fingerprint density at radius 2 is 2.03 bits per heavy atom. The van der Waals surface area contributed by atoms with Gasteiger partial charge in [0.25, 0.3) is 0 Å². The fourth-order valence-electron chi connectivity index (χ4n) is 4.64. The van der Waals surface area contributed by atoms with Gasteiger partial charge in [0.1, 0.15) is 5.82 Å². The molecular formula is C26H32FN5O4S. The number of carbonyl (C=O) groups excluding carboxylic acids is 3. The number of aromatic nitrogens is 4. The molecule has 2 atom stereocenters. The minimum Gasteiger partial charge on any atom is -0.466 e. The number of halogens is 1. The van der Waals surface area contributed by atoms with E-state index >= 15 is 0 Å². The van der Waals surface area contributed by atoms with E-state index in [1.807, 2.05) is 11.0 Å². The normalized spacial score (nSPS) is 20.1. The van der Waals surface area contributed by atoms with Gasteiger partial charge in [0.15, 0.2) is 16.7 Å². The number of hydrogen-bond acceptors (Lipinski definition) is 9. The van der Waals surface area contributed by atoms with Crippen molar-refractivity contribution >= 4 is 34.7 Å². The van der Waals surface area contributed by atoms with E-state index in [0.717, 1.165) is 18.4 Å². The number of tetrazole rings is 1. The summed E-state index contributed by atoms with van der Waals surface area (Å²) in [6, 6.07) is 5.78. The molecule has 4 rings (SSSR count). The monoisotopic (exact) mass is 529 g/mol. The third-order valence-corrected chi connectivity index (χ3v) is 7.69. The number of thioether (sulfide) groups is 1. The highest BCUT2D eigenvalue weighted by Gasteiger charge is 2.41. The quantitative estimate of drug-likeness (QED) is 0.403.